The Labute approximate surface area is 160 Å². The summed E-state index contributed by atoms with van der Waals surface area (Å²) < 4.78 is 26.2. The van der Waals surface area contributed by atoms with E-state index in [1.54, 1.807) is 0 Å². The van der Waals surface area contributed by atoms with Gasteiger partial charge in [0.25, 0.3) is 5.91 Å². The molecule has 0 bridgehead atoms. The quantitative estimate of drug-likeness (QED) is 0.677. The lowest BCUT2D eigenvalue weighted by Gasteiger charge is -2.11. The number of carbonyl (C=O) groups excluding carboxylic acids is 1. The first-order valence-electron chi connectivity index (χ1n) is 8.36. The number of hydrogen-bond acceptors (Lipinski definition) is 4. The van der Waals surface area contributed by atoms with Crippen molar-refractivity contribution >= 4 is 15.9 Å². The van der Waals surface area contributed by atoms with Crippen molar-refractivity contribution in [3.05, 3.63) is 65.2 Å². The number of carbonyl (C=O) groups is 1. The molecule has 0 radical (unpaired) electrons. The summed E-state index contributed by atoms with van der Waals surface area (Å²) in [7, 11) is 0.359. The Morgan fingerprint density at radius 2 is 1.63 bits per heavy atom. The van der Waals surface area contributed by atoms with Gasteiger partial charge in [-0.15, -0.1) is 6.42 Å². The summed E-state index contributed by atoms with van der Waals surface area (Å²) >= 11 is 0. The Kier molecular flexibility index (Phi) is 7.13. The van der Waals surface area contributed by atoms with Crippen LogP contribution < -0.4 is 10.0 Å². The number of rotatable bonds is 8. The fourth-order valence-electron chi connectivity index (χ4n) is 2.42. The number of benzene rings is 2. The standard InChI is InChI=1S/C20H23N3O3S/c1-4-13-22-27(25,26)19-11-9-18(10-12-19)20(24)21-14-16-5-7-17(8-6-16)15-23(2)3/h1,5-12,22H,13-15H2,2-3H3,(H,21,24). The molecule has 0 aromatic heterocycles. The Hall–Kier alpha value is -2.66. The summed E-state index contributed by atoms with van der Waals surface area (Å²) in [4.78, 5) is 14.4. The van der Waals surface area contributed by atoms with Gasteiger partial charge in [0.15, 0.2) is 0 Å². The van der Waals surface area contributed by atoms with Crippen molar-refractivity contribution < 1.29 is 13.2 Å². The van der Waals surface area contributed by atoms with Crippen LogP contribution in [0.1, 0.15) is 21.5 Å². The third-order valence-electron chi connectivity index (χ3n) is 3.77. The summed E-state index contributed by atoms with van der Waals surface area (Å²) in [5, 5.41) is 2.83. The third kappa shape index (κ3) is 6.22. The van der Waals surface area contributed by atoms with Crippen molar-refractivity contribution in [3.63, 3.8) is 0 Å². The van der Waals surface area contributed by atoms with Crippen LogP contribution >= 0.6 is 0 Å². The first-order chi connectivity index (χ1) is 12.8. The minimum Gasteiger partial charge on any atom is -0.348 e. The maximum absolute atomic E-state index is 12.3. The van der Waals surface area contributed by atoms with Gasteiger partial charge in [0.05, 0.1) is 11.4 Å². The average molecular weight is 385 g/mol. The van der Waals surface area contributed by atoms with Crippen molar-refractivity contribution in [3.8, 4) is 12.3 Å². The number of sulfonamides is 1. The molecule has 6 nitrogen and oxygen atoms in total. The monoisotopic (exact) mass is 385 g/mol. The summed E-state index contributed by atoms with van der Waals surface area (Å²) in [6.07, 6.45) is 5.06. The van der Waals surface area contributed by atoms with E-state index >= 15 is 0 Å². The van der Waals surface area contributed by atoms with E-state index in [0.29, 0.717) is 12.1 Å². The Bertz CT molecular complexity index is 912. The molecule has 0 aliphatic carbocycles. The molecule has 1 amide bonds. The van der Waals surface area contributed by atoms with Crippen LogP contribution in [-0.2, 0) is 23.1 Å². The largest absolute Gasteiger partial charge is 0.348 e. The second-order valence-electron chi connectivity index (χ2n) is 6.29. The SMILES string of the molecule is C#CCNS(=O)(=O)c1ccc(C(=O)NCc2ccc(CN(C)C)cc2)cc1. The van der Waals surface area contributed by atoms with Crippen LogP contribution in [0.25, 0.3) is 0 Å². The summed E-state index contributed by atoms with van der Waals surface area (Å²) in [5.41, 5.74) is 2.57. The van der Waals surface area contributed by atoms with Gasteiger partial charge in [-0.25, -0.2) is 8.42 Å². The number of amides is 1. The normalized spacial score (nSPS) is 11.2. The van der Waals surface area contributed by atoms with Crippen LogP contribution in [0.5, 0.6) is 0 Å². The lowest BCUT2D eigenvalue weighted by molar-refractivity contribution is 0.0951. The molecule has 142 valence electrons. The first-order valence-corrected chi connectivity index (χ1v) is 9.84. The van der Waals surface area contributed by atoms with Gasteiger partial charge in [-0.3, -0.25) is 4.79 Å². The number of hydrogen-bond donors (Lipinski definition) is 2. The van der Waals surface area contributed by atoms with E-state index in [1.807, 2.05) is 38.4 Å². The Balaban J connectivity index is 1.95. The lowest BCUT2D eigenvalue weighted by Crippen LogP contribution is -2.25. The molecular formula is C20H23N3O3S. The molecule has 0 heterocycles. The highest BCUT2D eigenvalue weighted by atomic mass is 32.2. The molecule has 0 fully saturated rings. The van der Waals surface area contributed by atoms with Gasteiger partial charge in [-0.1, -0.05) is 30.2 Å². The second kappa shape index (κ2) is 9.33. The van der Waals surface area contributed by atoms with Crippen LogP contribution in [0.4, 0.5) is 0 Å². The zero-order valence-corrected chi connectivity index (χ0v) is 16.2. The molecule has 2 aromatic rings. The molecular weight excluding hydrogens is 362 g/mol. The number of terminal acetylenes is 1. The van der Waals surface area contributed by atoms with Crippen LogP contribution in [0.2, 0.25) is 0 Å². The van der Waals surface area contributed by atoms with Crippen molar-refractivity contribution in [2.75, 3.05) is 20.6 Å². The summed E-state index contributed by atoms with van der Waals surface area (Å²) in [6.45, 7) is 1.17. The minimum absolute atomic E-state index is 0.0609. The molecule has 0 aliphatic heterocycles. The highest BCUT2D eigenvalue weighted by molar-refractivity contribution is 7.89. The van der Waals surface area contributed by atoms with Crippen molar-refractivity contribution in [1.29, 1.82) is 0 Å². The van der Waals surface area contributed by atoms with Gasteiger partial charge in [0.1, 0.15) is 0 Å². The molecule has 7 heteroatoms. The van der Waals surface area contributed by atoms with E-state index in [4.69, 9.17) is 6.42 Å². The molecule has 0 saturated heterocycles. The average Bonchev–Trinajstić information content (AvgIpc) is 2.65. The number of nitrogens with zero attached hydrogens (tertiary/aromatic N) is 1. The molecule has 0 saturated carbocycles. The highest BCUT2D eigenvalue weighted by Gasteiger charge is 2.14. The van der Waals surface area contributed by atoms with Crippen LogP contribution in [0.15, 0.2) is 53.4 Å². The third-order valence-corrected chi connectivity index (χ3v) is 5.18. The van der Waals surface area contributed by atoms with Gasteiger partial charge in [0.2, 0.25) is 10.0 Å². The molecule has 2 N–H and O–H groups in total. The summed E-state index contributed by atoms with van der Waals surface area (Å²) in [6, 6.07) is 13.7. The van der Waals surface area contributed by atoms with E-state index < -0.39 is 10.0 Å². The minimum atomic E-state index is -3.66. The second-order valence-corrected chi connectivity index (χ2v) is 8.06. The van der Waals surface area contributed by atoms with E-state index in [-0.39, 0.29) is 17.3 Å². The Morgan fingerprint density at radius 3 is 2.19 bits per heavy atom. The van der Waals surface area contributed by atoms with Gasteiger partial charge >= 0.3 is 0 Å². The fraction of sp³-hybridized carbons (Fsp3) is 0.250. The smallest absolute Gasteiger partial charge is 0.251 e. The first kappa shape index (κ1) is 20.6. The molecule has 27 heavy (non-hydrogen) atoms. The van der Waals surface area contributed by atoms with Crippen LogP contribution in [0, 0.1) is 12.3 Å². The zero-order chi connectivity index (χ0) is 19.9. The van der Waals surface area contributed by atoms with Gasteiger partial charge in [-0.05, 0) is 49.5 Å². The van der Waals surface area contributed by atoms with E-state index in [1.165, 1.54) is 29.8 Å². The van der Waals surface area contributed by atoms with Gasteiger partial charge in [-0.2, -0.15) is 4.72 Å². The molecule has 2 rings (SSSR count). The molecule has 0 aliphatic rings. The fourth-order valence-corrected chi connectivity index (χ4v) is 3.35. The number of nitrogens with one attached hydrogen (secondary N) is 2. The zero-order valence-electron chi connectivity index (χ0n) is 15.4. The summed E-state index contributed by atoms with van der Waals surface area (Å²) in [5.74, 6) is 1.94. The molecule has 0 spiro atoms. The molecule has 0 atom stereocenters. The highest BCUT2D eigenvalue weighted by Crippen LogP contribution is 2.11. The van der Waals surface area contributed by atoms with Crippen molar-refractivity contribution in [2.45, 2.75) is 18.0 Å². The van der Waals surface area contributed by atoms with Crippen LogP contribution in [0.3, 0.4) is 0 Å². The lowest BCUT2D eigenvalue weighted by atomic mass is 10.1. The molecule has 0 unspecified atom stereocenters. The predicted octanol–water partition coefficient (Wildman–Crippen LogP) is 1.59. The maximum atomic E-state index is 12.3. The van der Waals surface area contributed by atoms with E-state index in [0.717, 1.165) is 12.1 Å². The van der Waals surface area contributed by atoms with E-state index in [2.05, 4.69) is 20.9 Å². The maximum Gasteiger partial charge on any atom is 0.251 e. The van der Waals surface area contributed by atoms with E-state index in [9.17, 15) is 13.2 Å². The van der Waals surface area contributed by atoms with Gasteiger partial charge in [0, 0.05) is 18.7 Å². The predicted molar refractivity (Wildman–Crippen MR) is 105 cm³/mol. The van der Waals surface area contributed by atoms with Gasteiger partial charge < -0.3 is 10.2 Å². The molecule has 2 aromatic carbocycles. The van der Waals surface area contributed by atoms with Crippen molar-refractivity contribution in [1.82, 2.24) is 14.9 Å². The Morgan fingerprint density at radius 1 is 1.04 bits per heavy atom. The topological polar surface area (TPSA) is 78.5 Å². The van der Waals surface area contributed by atoms with Crippen LogP contribution in [-0.4, -0.2) is 39.9 Å². The van der Waals surface area contributed by atoms with Crippen molar-refractivity contribution in [2.24, 2.45) is 0 Å².